The van der Waals surface area contributed by atoms with Crippen molar-refractivity contribution in [2.45, 2.75) is 23.7 Å². The molecule has 0 atom stereocenters. The lowest BCUT2D eigenvalue weighted by Crippen LogP contribution is -2.14. The van der Waals surface area contributed by atoms with Crippen LogP contribution in [0.5, 0.6) is 0 Å². The Morgan fingerprint density at radius 1 is 1.03 bits per heavy atom. The van der Waals surface area contributed by atoms with E-state index in [0.717, 1.165) is 24.7 Å². The topological polar surface area (TPSA) is 94.8 Å². The van der Waals surface area contributed by atoms with Gasteiger partial charge < -0.3 is 0 Å². The van der Waals surface area contributed by atoms with Crippen LogP contribution in [0, 0.1) is 0 Å². The summed E-state index contributed by atoms with van der Waals surface area (Å²) in [5.41, 5.74) is 3.73. The van der Waals surface area contributed by atoms with E-state index in [1.807, 2.05) is 18.2 Å². The van der Waals surface area contributed by atoms with Crippen LogP contribution < -0.4 is 0 Å². The lowest BCUT2D eigenvalue weighted by atomic mass is 10.0. The van der Waals surface area contributed by atoms with Crippen molar-refractivity contribution < 1.29 is 13.2 Å². The van der Waals surface area contributed by atoms with Gasteiger partial charge in [0.2, 0.25) is 0 Å². The molecule has 0 aliphatic heterocycles. The molecule has 4 aromatic rings. The molecule has 0 radical (unpaired) electrons. The van der Waals surface area contributed by atoms with Gasteiger partial charge in [-0.25, -0.2) is 12.4 Å². The molecule has 3 heterocycles. The summed E-state index contributed by atoms with van der Waals surface area (Å²) in [6, 6.07) is 8.51. The maximum Gasteiger partial charge on any atom is 0.269 e. The fraction of sp³-hybridized carbons (Fsp3) is 0.143. The molecule has 29 heavy (non-hydrogen) atoms. The molecule has 0 amide bonds. The van der Waals surface area contributed by atoms with Crippen LogP contribution in [-0.2, 0) is 10.0 Å². The number of benzene rings is 1. The zero-order valence-electron chi connectivity index (χ0n) is 15.3. The number of aldehydes is 1. The average molecular weight is 404 g/mol. The van der Waals surface area contributed by atoms with Crippen molar-refractivity contribution in [3.05, 3.63) is 72.4 Å². The summed E-state index contributed by atoms with van der Waals surface area (Å²) in [6.07, 6.45) is 10.0. The molecule has 1 fully saturated rings. The van der Waals surface area contributed by atoms with E-state index in [4.69, 9.17) is 0 Å². The first kappa shape index (κ1) is 17.7. The predicted molar refractivity (Wildman–Crippen MR) is 107 cm³/mol. The van der Waals surface area contributed by atoms with Gasteiger partial charge in [0.05, 0.1) is 16.7 Å². The van der Waals surface area contributed by atoms with Crippen molar-refractivity contribution in [3.8, 4) is 11.3 Å². The summed E-state index contributed by atoms with van der Waals surface area (Å²) in [7, 11) is -3.93. The van der Waals surface area contributed by atoms with E-state index in [1.165, 1.54) is 28.6 Å². The smallest absolute Gasteiger partial charge is 0.269 e. The molecule has 8 heteroatoms. The molecule has 0 spiro atoms. The molecular formula is C21H16N4O3S. The van der Waals surface area contributed by atoms with Crippen LogP contribution in [0.1, 0.15) is 34.7 Å². The van der Waals surface area contributed by atoms with Crippen molar-refractivity contribution in [1.82, 2.24) is 18.9 Å². The third-order valence-electron chi connectivity index (χ3n) is 5.09. The Balaban J connectivity index is 1.81. The van der Waals surface area contributed by atoms with E-state index in [1.54, 1.807) is 18.5 Å². The van der Waals surface area contributed by atoms with E-state index in [2.05, 4.69) is 15.0 Å². The molecule has 1 saturated carbocycles. The van der Waals surface area contributed by atoms with Gasteiger partial charge in [0.25, 0.3) is 10.0 Å². The predicted octanol–water partition coefficient (Wildman–Crippen LogP) is 3.42. The Kier molecular flexibility index (Phi) is 4.02. The standard InChI is InChI=1S/C21H16N4O3S/c26-13-16-12-25(29(27,28)17-2-1-7-22-11-17)21(20(16)14-3-4-14)15-5-6-18-19(10-15)24-9-8-23-18/h1-2,5-14H,3-4H2. The minimum atomic E-state index is -3.93. The number of aromatic nitrogens is 4. The van der Waals surface area contributed by atoms with Crippen LogP contribution in [0.2, 0.25) is 0 Å². The molecule has 5 rings (SSSR count). The summed E-state index contributed by atoms with van der Waals surface area (Å²) in [6.45, 7) is 0. The number of carbonyl (C=O) groups is 1. The lowest BCUT2D eigenvalue weighted by Gasteiger charge is -2.13. The first-order valence-electron chi connectivity index (χ1n) is 9.17. The highest BCUT2D eigenvalue weighted by Crippen LogP contribution is 2.47. The molecule has 7 nitrogen and oxygen atoms in total. The van der Waals surface area contributed by atoms with E-state index in [0.29, 0.717) is 27.9 Å². The van der Waals surface area contributed by atoms with Gasteiger partial charge in [-0.3, -0.25) is 19.7 Å². The van der Waals surface area contributed by atoms with Gasteiger partial charge in [0.1, 0.15) is 4.90 Å². The quantitative estimate of drug-likeness (QED) is 0.473. The van der Waals surface area contributed by atoms with Gasteiger partial charge in [-0.05, 0) is 48.6 Å². The Hall–Kier alpha value is -3.39. The largest absolute Gasteiger partial charge is 0.298 e. The third kappa shape index (κ3) is 2.92. The molecule has 1 aromatic carbocycles. The van der Waals surface area contributed by atoms with E-state index >= 15 is 0 Å². The molecule has 144 valence electrons. The van der Waals surface area contributed by atoms with Crippen molar-refractivity contribution in [1.29, 1.82) is 0 Å². The molecule has 1 aliphatic carbocycles. The first-order chi connectivity index (χ1) is 14.1. The number of pyridine rings is 1. The summed E-state index contributed by atoms with van der Waals surface area (Å²) < 4.78 is 28.0. The maximum absolute atomic E-state index is 13.4. The van der Waals surface area contributed by atoms with E-state index < -0.39 is 10.0 Å². The Morgan fingerprint density at radius 2 is 1.83 bits per heavy atom. The van der Waals surface area contributed by atoms with Crippen LogP contribution in [-0.4, -0.2) is 33.6 Å². The molecule has 0 bridgehead atoms. The average Bonchev–Trinajstić information content (AvgIpc) is 3.52. The minimum Gasteiger partial charge on any atom is -0.298 e. The van der Waals surface area contributed by atoms with Gasteiger partial charge in [0.15, 0.2) is 6.29 Å². The number of rotatable bonds is 5. The maximum atomic E-state index is 13.4. The highest BCUT2D eigenvalue weighted by molar-refractivity contribution is 7.90. The van der Waals surface area contributed by atoms with Gasteiger partial charge in [0, 0.05) is 42.1 Å². The fourth-order valence-corrected chi connectivity index (χ4v) is 4.98. The Morgan fingerprint density at radius 3 is 2.52 bits per heavy atom. The summed E-state index contributed by atoms with van der Waals surface area (Å²) in [5.74, 6) is 0.174. The van der Waals surface area contributed by atoms with Crippen molar-refractivity contribution >= 4 is 27.3 Å². The van der Waals surface area contributed by atoms with Gasteiger partial charge in [-0.15, -0.1) is 0 Å². The second kappa shape index (κ2) is 6.59. The molecule has 0 unspecified atom stereocenters. The summed E-state index contributed by atoms with van der Waals surface area (Å²) >= 11 is 0. The number of hydrogen-bond acceptors (Lipinski definition) is 6. The minimum absolute atomic E-state index is 0.0663. The second-order valence-corrected chi connectivity index (χ2v) is 8.80. The Labute approximate surface area is 167 Å². The SMILES string of the molecule is O=Cc1cn(S(=O)(=O)c2cccnc2)c(-c2ccc3nccnc3c2)c1C1CC1. The molecule has 1 aliphatic rings. The fourth-order valence-electron chi connectivity index (χ4n) is 3.61. The summed E-state index contributed by atoms with van der Waals surface area (Å²) in [5, 5.41) is 0. The van der Waals surface area contributed by atoms with Gasteiger partial charge in [-0.1, -0.05) is 6.07 Å². The van der Waals surface area contributed by atoms with Crippen molar-refractivity contribution in [2.24, 2.45) is 0 Å². The molecule has 0 N–H and O–H groups in total. The molecular weight excluding hydrogens is 388 g/mol. The number of carbonyl (C=O) groups excluding carboxylic acids is 1. The monoisotopic (exact) mass is 404 g/mol. The van der Waals surface area contributed by atoms with Gasteiger partial charge >= 0.3 is 0 Å². The number of nitrogens with zero attached hydrogens (tertiary/aromatic N) is 4. The normalized spacial score (nSPS) is 14.2. The lowest BCUT2D eigenvalue weighted by molar-refractivity contribution is 0.112. The zero-order valence-corrected chi connectivity index (χ0v) is 16.1. The van der Waals surface area contributed by atoms with E-state index in [9.17, 15) is 13.2 Å². The zero-order chi connectivity index (χ0) is 20.0. The van der Waals surface area contributed by atoms with Crippen LogP contribution in [0.4, 0.5) is 0 Å². The van der Waals surface area contributed by atoms with Crippen molar-refractivity contribution in [2.75, 3.05) is 0 Å². The van der Waals surface area contributed by atoms with Crippen LogP contribution in [0.25, 0.3) is 22.3 Å². The van der Waals surface area contributed by atoms with Crippen LogP contribution in [0.3, 0.4) is 0 Å². The highest BCUT2D eigenvalue weighted by atomic mass is 32.2. The Bertz CT molecular complexity index is 1340. The summed E-state index contributed by atoms with van der Waals surface area (Å²) in [4.78, 5) is 24.4. The third-order valence-corrected chi connectivity index (χ3v) is 6.73. The number of hydrogen-bond donors (Lipinski definition) is 0. The van der Waals surface area contributed by atoms with Crippen LogP contribution in [0.15, 0.2) is 66.2 Å². The molecule has 3 aromatic heterocycles. The van der Waals surface area contributed by atoms with Crippen molar-refractivity contribution in [3.63, 3.8) is 0 Å². The second-order valence-electron chi connectivity index (χ2n) is 6.99. The first-order valence-corrected chi connectivity index (χ1v) is 10.6. The van der Waals surface area contributed by atoms with E-state index in [-0.39, 0.29) is 10.8 Å². The van der Waals surface area contributed by atoms with Crippen LogP contribution >= 0.6 is 0 Å². The number of fused-ring (bicyclic) bond motifs is 1. The highest BCUT2D eigenvalue weighted by Gasteiger charge is 2.34. The molecule has 0 saturated heterocycles. The van der Waals surface area contributed by atoms with Gasteiger partial charge in [-0.2, -0.15) is 0 Å².